The van der Waals surface area contributed by atoms with Crippen LogP contribution < -0.4 is 0 Å². The van der Waals surface area contributed by atoms with Crippen molar-refractivity contribution < 1.29 is 9.53 Å². The Hall–Kier alpha value is -0.790. The number of rotatable bonds is 44. The van der Waals surface area contributed by atoms with Crippen molar-refractivity contribution in [3.8, 4) is 0 Å². The van der Waals surface area contributed by atoms with Crippen molar-refractivity contribution >= 4 is 5.97 Å². The first kappa shape index (κ1) is 49.2. The highest BCUT2D eigenvalue weighted by molar-refractivity contribution is 5.69. The van der Waals surface area contributed by atoms with Gasteiger partial charge in [0.2, 0.25) is 0 Å². The molecule has 298 valence electrons. The minimum atomic E-state index is 0.0210. The minimum absolute atomic E-state index is 0.0210. The third kappa shape index (κ3) is 45.2. The third-order valence-electron chi connectivity index (χ3n) is 10.9. The molecule has 0 fully saturated rings. The molecule has 0 N–H and O–H groups in total. The van der Waals surface area contributed by atoms with Gasteiger partial charge in [0.15, 0.2) is 0 Å². The van der Waals surface area contributed by atoms with E-state index in [0.717, 1.165) is 19.3 Å². The van der Waals surface area contributed by atoms with E-state index in [-0.39, 0.29) is 5.97 Å². The van der Waals surface area contributed by atoms with E-state index >= 15 is 0 Å². The van der Waals surface area contributed by atoms with E-state index < -0.39 is 0 Å². The molecule has 0 rings (SSSR count). The summed E-state index contributed by atoms with van der Waals surface area (Å²) in [7, 11) is 0. The van der Waals surface area contributed by atoms with Crippen LogP contribution in [0.4, 0.5) is 0 Å². The number of unbranched alkanes of at least 4 members (excludes halogenated alkanes) is 38. The summed E-state index contributed by atoms with van der Waals surface area (Å²) in [6.45, 7) is 5.21. The molecule has 0 spiro atoms. The van der Waals surface area contributed by atoms with E-state index in [1.165, 1.54) is 244 Å². The van der Waals surface area contributed by atoms with Gasteiger partial charge in [-0.3, -0.25) is 4.79 Å². The normalized spacial score (nSPS) is 11.6. The van der Waals surface area contributed by atoms with Crippen LogP contribution in [0.25, 0.3) is 0 Å². The lowest BCUT2D eigenvalue weighted by atomic mass is 10.0. The lowest BCUT2D eigenvalue weighted by Crippen LogP contribution is -2.05. The second kappa shape index (κ2) is 46.2. The zero-order valence-corrected chi connectivity index (χ0v) is 34.9. The summed E-state index contributed by atoms with van der Waals surface area (Å²) in [4.78, 5) is 12.0. The molecule has 0 saturated heterocycles. The number of hydrogen-bond acceptors (Lipinski definition) is 2. The fourth-order valence-electron chi connectivity index (χ4n) is 7.37. The molecule has 0 aliphatic rings. The quantitative estimate of drug-likeness (QED) is 0.0359. The molecule has 0 aliphatic heterocycles. The van der Waals surface area contributed by atoms with E-state index in [9.17, 15) is 4.79 Å². The molecule has 2 heteroatoms. The SMILES string of the molecule is CCCCCCCC/C=C\CCCCCCCC(=O)OCCCCCCCCCCCCCCCCCCCCCCCCCCCCCC. The highest BCUT2D eigenvalue weighted by atomic mass is 16.5. The van der Waals surface area contributed by atoms with Gasteiger partial charge in [-0.2, -0.15) is 0 Å². The second-order valence-electron chi connectivity index (χ2n) is 16.1. The monoisotopic (exact) mass is 703 g/mol. The maximum Gasteiger partial charge on any atom is 0.305 e. The minimum Gasteiger partial charge on any atom is -0.466 e. The van der Waals surface area contributed by atoms with Crippen LogP contribution in [0.5, 0.6) is 0 Å². The van der Waals surface area contributed by atoms with Gasteiger partial charge in [0.25, 0.3) is 0 Å². The number of hydrogen-bond donors (Lipinski definition) is 0. The summed E-state index contributed by atoms with van der Waals surface area (Å²) in [6, 6.07) is 0. The van der Waals surface area contributed by atoms with Crippen molar-refractivity contribution in [2.45, 2.75) is 284 Å². The molecule has 0 amide bonds. The molecule has 0 aromatic heterocycles. The van der Waals surface area contributed by atoms with Gasteiger partial charge >= 0.3 is 5.97 Å². The molecular formula is C48H94O2. The summed E-state index contributed by atoms with van der Waals surface area (Å²) in [5.41, 5.74) is 0. The Bertz CT molecular complexity index is 640. The van der Waals surface area contributed by atoms with Crippen LogP contribution in [0.1, 0.15) is 284 Å². The second-order valence-corrected chi connectivity index (χ2v) is 16.1. The Morgan fingerprint density at radius 2 is 0.560 bits per heavy atom. The van der Waals surface area contributed by atoms with Gasteiger partial charge in [-0.1, -0.05) is 251 Å². The van der Waals surface area contributed by atoms with Gasteiger partial charge in [0.05, 0.1) is 6.61 Å². The standard InChI is InChI=1S/C48H94O2/c1-3-5-7-9-11-13-15-17-19-20-21-22-23-24-25-26-27-28-29-30-31-33-35-37-39-41-43-45-47-50-48(49)46-44-42-40-38-36-34-32-18-16-14-12-10-8-6-4-2/h18,32H,3-17,19-31,33-47H2,1-2H3/b32-18-. The first-order valence-electron chi connectivity index (χ1n) is 23.6. The van der Waals surface area contributed by atoms with Crippen molar-refractivity contribution in [1.82, 2.24) is 0 Å². The van der Waals surface area contributed by atoms with E-state index in [2.05, 4.69) is 26.0 Å². The maximum absolute atomic E-state index is 12.0. The van der Waals surface area contributed by atoms with Crippen LogP contribution in [-0.2, 0) is 9.53 Å². The van der Waals surface area contributed by atoms with Crippen molar-refractivity contribution in [2.75, 3.05) is 6.61 Å². The molecule has 0 aromatic carbocycles. The van der Waals surface area contributed by atoms with Gasteiger partial charge in [-0.25, -0.2) is 0 Å². The molecule has 50 heavy (non-hydrogen) atoms. The zero-order chi connectivity index (χ0) is 36.1. The Morgan fingerprint density at radius 1 is 0.320 bits per heavy atom. The topological polar surface area (TPSA) is 26.3 Å². The number of carbonyl (C=O) groups is 1. The Labute approximate surface area is 316 Å². The van der Waals surface area contributed by atoms with Crippen LogP contribution in [0.15, 0.2) is 12.2 Å². The van der Waals surface area contributed by atoms with Gasteiger partial charge in [0, 0.05) is 6.42 Å². The highest BCUT2D eigenvalue weighted by Gasteiger charge is 2.03. The van der Waals surface area contributed by atoms with E-state index in [0.29, 0.717) is 13.0 Å². The number of carbonyl (C=O) groups excluding carboxylic acids is 1. The molecule has 0 atom stereocenters. The van der Waals surface area contributed by atoms with Crippen LogP contribution in [0, 0.1) is 0 Å². The molecule has 2 nitrogen and oxygen atoms in total. The van der Waals surface area contributed by atoms with Gasteiger partial charge in [-0.15, -0.1) is 0 Å². The summed E-state index contributed by atoms with van der Waals surface area (Å²) >= 11 is 0. The summed E-state index contributed by atoms with van der Waals surface area (Å²) in [6.07, 6.45) is 62.0. The van der Waals surface area contributed by atoms with Crippen LogP contribution >= 0.6 is 0 Å². The van der Waals surface area contributed by atoms with Crippen molar-refractivity contribution in [3.05, 3.63) is 12.2 Å². The first-order chi connectivity index (χ1) is 24.8. The lowest BCUT2D eigenvalue weighted by Gasteiger charge is -2.06. The molecule has 0 bridgehead atoms. The maximum atomic E-state index is 12.0. The Kier molecular flexibility index (Phi) is 45.5. The summed E-state index contributed by atoms with van der Waals surface area (Å²) < 4.78 is 5.47. The third-order valence-corrected chi connectivity index (χ3v) is 10.9. The average molecular weight is 703 g/mol. The molecule has 0 heterocycles. The van der Waals surface area contributed by atoms with Gasteiger partial charge in [0.1, 0.15) is 0 Å². The van der Waals surface area contributed by atoms with Crippen molar-refractivity contribution in [1.29, 1.82) is 0 Å². The molecule has 0 aliphatic carbocycles. The Balaban J connectivity index is 3.15. The molecule has 0 aromatic rings. The fourth-order valence-corrected chi connectivity index (χ4v) is 7.37. The van der Waals surface area contributed by atoms with E-state index in [1.807, 2.05) is 0 Å². The van der Waals surface area contributed by atoms with Crippen molar-refractivity contribution in [2.24, 2.45) is 0 Å². The zero-order valence-electron chi connectivity index (χ0n) is 34.9. The first-order valence-corrected chi connectivity index (χ1v) is 23.6. The summed E-state index contributed by atoms with van der Waals surface area (Å²) in [5, 5.41) is 0. The predicted molar refractivity (Wildman–Crippen MR) is 225 cm³/mol. The number of allylic oxidation sites excluding steroid dienone is 2. The van der Waals surface area contributed by atoms with Crippen LogP contribution in [0.2, 0.25) is 0 Å². The molecular weight excluding hydrogens is 609 g/mol. The highest BCUT2D eigenvalue weighted by Crippen LogP contribution is 2.17. The average Bonchev–Trinajstić information content (AvgIpc) is 3.12. The smallest absolute Gasteiger partial charge is 0.305 e. The number of ether oxygens (including phenoxy) is 1. The largest absolute Gasteiger partial charge is 0.466 e. The number of esters is 1. The van der Waals surface area contributed by atoms with Crippen molar-refractivity contribution in [3.63, 3.8) is 0 Å². The Morgan fingerprint density at radius 3 is 0.860 bits per heavy atom. The predicted octanol–water partition coefficient (Wildman–Crippen LogP) is 17.5. The molecule has 0 unspecified atom stereocenters. The van der Waals surface area contributed by atoms with Crippen LogP contribution in [-0.4, -0.2) is 12.6 Å². The lowest BCUT2D eigenvalue weighted by molar-refractivity contribution is -0.143. The van der Waals surface area contributed by atoms with E-state index in [1.54, 1.807) is 0 Å². The fraction of sp³-hybridized carbons (Fsp3) is 0.938. The van der Waals surface area contributed by atoms with Gasteiger partial charge < -0.3 is 4.74 Å². The van der Waals surface area contributed by atoms with Crippen LogP contribution in [0.3, 0.4) is 0 Å². The molecule has 0 saturated carbocycles. The molecule has 0 radical (unpaired) electrons. The summed E-state index contributed by atoms with van der Waals surface area (Å²) in [5.74, 6) is 0.0210. The van der Waals surface area contributed by atoms with E-state index in [4.69, 9.17) is 4.74 Å². The van der Waals surface area contributed by atoms with Gasteiger partial charge in [-0.05, 0) is 38.5 Å².